The van der Waals surface area contributed by atoms with Gasteiger partial charge in [-0.1, -0.05) is 334 Å². The highest BCUT2D eigenvalue weighted by Crippen LogP contribution is 2.44. The Morgan fingerprint density at radius 1 is 0.268 bits per heavy atom. The van der Waals surface area contributed by atoms with E-state index >= 15 is 0 Å². The van der Waals surface area contributed by atoms with Gasteiger partial charge in [0.05, 0.1) is 44.3 Å². The molecule has 21 heteroatoms. The molecule has 1 saturated heterocycles. The van der Waals surface area contributed by atoms with E-state index in [1.807, 2.05) is 128 Å². The molecular formula is C128H91BBr2ClIN14O2-2. The first-order chi connectivity index (χ1) is 73.0. The third-order valence-corrected chi connectivity index (χ3v) is 29.5. The van der Waals surface area contributed by atoms with Crippen molar-refractivity contribution in [2.24, 2.45) is 0 Å². The minimum atomic E-state index is -0.413. The van der Waals surface area contributed by atoms with Gasteiger partial charge in [0, 0.05) is 121 Å². The molecule has 0 bridgehead atoms. The molecule has 0 spiro atoms. The number of fused-ring (bicyclic) bond motifs is 22. The summed E-state index contributed by atoms with van der Waals surface area (Å²) in [7, 11) is -0.413. The SMILES string of the molecule is Brc1ccc(-n2c3ccccc3c3c4ccccc4ccc32)nc1.Brc1ccc(I)nc1.CC1(C)OB(c2ccc(-n3c4ccccc4c4c5ccccc5ccc43)nc2)OC1(C)C.Clc1nc(-c2ccccc2)nc(-c2ccc3ccccc3c2)n1.[H-].[H-].c1ccc(-c2nc(-c3ccc(-n4c5ccccc5c5c6ccccc6ccc54)nc3)nc(-c3ccc4ccccc4c3)n2)cc1.c1ccc2c(c1)ccc1[nH]c3ccccc3c12. The number of H-pyrrole nitrogens is 1. The van der Waals surface area contributed by atoms with Gasteiger partial charge in [-0.05, 0) is 262 Å². The average molecular weight is 2190 g/mol. The lowest BCUT2D eigenvalue weighted by atomic mass is 9.80. The van der Waals surface area contributed by atoms with E-state index < -0.39 is 7.12 Å². The van der Waals surface area contributed by atoms with E-state index in [1.54, 1.807) is 6.20 Å². The fourth-order valence-electron chi connectivity index (χ4n) is 19.9. The highest BCUT2D eigenvalue weighted by Gasteiger charge is 2.52. The van der Waals surface area contributed by atoms with Crippen LogP contribution in [0.2, 0.25) is 5.28 Å². The molecule has 718 valence electrons. The summed E-state index contributed by atoms with van der Waals surface area (Å²) in [6, 6.07) is 151. The van der Waals surface area contributed by atoms with E-state index in [0.717, 1.165) is 96.2 Å². The molecule has 0 unspecified atom stereocenters. The van der Waals surface area contributed by atoms with Gasteiger partial charge in [0.15, 0.2) is 29.1 Å². The molecule has 0 radical (unpaired) electrons. The van der Waals surface area contributed by atoms with Crippen molar-refractivity contribution in [3.05, 3.63) is 479 Å². The molecule has 0 atom stereocenters. The van der Waals surface area contributed by atoms with Crippen LogP contribution in [0.3, 0.4) is 0 Å². The maximum absolute atomic E-state index is 6.20. The highest BCUT2D eigenvalue weighted by molar-refractivity contribution is 14.1. The van der Waals surface area contributed by atoms with E-state index in [4.69, 9.17) is 45.8 Å². The van der Waals surface area contributed by atoms with E-state index in [0.29, 0.717) is 29.1 Å². The van der Waals surface area contributed by atoms with Gasteiger partial charge in [-0.15, -0.1) is 0 Å². The van der Waals surface area contributed by atoms with Crippen molar-refractivity contribution < 1.29 is 12.2 Å². The number of pyridine rings is 4. The van der Waals surface area contributed by atoms with E-state index in [2.05, 4.69) is 453 Å². The number of nitrogens with zero attached hydrogens (tertiary/aromatic N) is 13. The lowest BCUT2D eigenvalue weighted by molar-refractivity contribution is 0.00578. The van der Waals surface area contributed by atoms with Crippen LogP contribution in [-0.4, -0.2) is 86.8 Å². The topological polar surface area (TPSA) is 178 Å². The van der Waals surface area contributed by atoms with E-state index in [-0.39, 0.29) is 19.3 Å². The third-order valence-electron chi connectivity index (χ3n) is 27.8. The van der Waals surface area contributed by atoms with Crippen LogP contribution >= 0.6 is 66.1 Å². The summed E-state index contributed by atoms with van der Waals surface area (Å²) < 4.78 is 22.2. The molecule has 1 aliphatic heterocycles. The normalized spacial score (nSPS) is 12.6. The molecule has 1 N–H and O–H groups in total. The van der Waals surface area contributed by atoms with Crippen molar-refractivity contribution in [1.29, 1.82) is 0 Å². The monoisotopic (exact) mass is 2190 g/mol. The van der Waals surface area contributed by atoms with Crippen LogP contribution < -0.4 is 5.46 Å². The molecule has 18 aromatic carbocycles. The fraction of sp³-hybridized carbons (Fsp3) is 0.0469. The predicted molar refractivity (Wildman–Crippen MR) is 632 cm³/mol. The van der Waals surface area contributed by atoms with Gasteiger partial charge in [-0.25, -0.2) is 39.9 Å². The van der Waals surface area contributed by atoms with Crippen LogP contribution in [0.5, 0.6) is 0 Å². The Morgan fingerprint density at radius 2 is 0.597 bits per heavy atom. The summed E-state index contributed by atoms with van der Waals surface area (Å²) in [6.45, 7) is 8.27. The molecule has 0 amide bonds. The number of aromatic nitrogens is 14. The van der Waals surface area contributed by atoms with Crippen molar-refractivity contribution in [3.63, 3.8) is 0 Å². The Labute approximate surface area is 896 Å². The number of aromatic amines is 1. The molecule has 10 aromatic heterocycles. The van der Waals surface area contributed by atoms with E-state index in [1.165, 1.54) is 119 Å². The van der Waals surface area contributed by atoms with E-state index in [9.17, 15) is 0 Å². The van der Waals surface area contributed by atoms with Gasteiger partial charge in [-0.3, -0.25) is 13.7 Å². The van der Waals surface area contributed by atoms with Gasteiger partial charge in [0.1, 0.15) is 21.2 Å². The number of hydrogen-bond acceptors (Lipinski definition) is 12. The zero-order valence-corrected chi connectivity index (χ0v) is 87.2. The zero-order valence-electron chi connectivity index (χ0n) is 83.1. The smallest absolute Gasteiger partial charge is 0.496 e. The van der Waals surface area contributed by atoms with Crippen molar-refractivity contribution in [2.45, 2.75) is 38.9 Å². The standard InChI is InChI=1S/C40H25N5.C27H25BN2O2.C21H13BrN2.C19H12ClN3.C16H11N.C5H3BrIN.2H/c1-2-12-28(13-3-1)38-42-39(30-19-18-26-10-4-5-14-29(26)24-30)44-40(43-38)31-21-23-36(41-25-31)45-34-17-9-8-16-33(34)37-32-15-7-6-11-27(32)20-22-35(37)45;1-26(2)27(3,4)32-28(31-26)19-14-16-24(29-17-19)30-22-12-8-7-11-21(22)25-20-10-6-5-9-18(20)13-15-23(25)30;22-15-10-12-20(23-13-15)24-18-8-4-3-7-17(18)21-16-6-2-1-5-14(16)9-11-19(21)24;20-19-22-17(14-7-2-1-3-8-14)21-18(23-19)16-11-10-13-6-4-5-9-15(13)12-16;1-2-6-12-11(5-1)9-10-15-16(12)13-7-3-4-8-14(13)17-15;6-4-1-2-5(7)8-3-4;;/h1-25H;5-17H,1-4H3;1-13H;1-12H;1-10,17H;1-3H;;/q;;;;;;2*-1. The summed E-state index contributed by atoms with van der Waals surface area (Å²) >= 11 is 15.0. The quantitative estimate of drug-likeness (QED) is 0.0823. The van der Waals surface area contributed by atoms with Gasteiger partial charge >= 0.3 is 7.12 Å². The molecule has 28 aromatic rings. The van der Waals surface area contributed by atoms with Gasteiger partial charge in [0.2, 0.25) is 5.28 Å². The Bertz CT molecular complexity index is 9930. The van der Waals surface area contributed by atoms with Crippen LogP contribution in [-0.2, 0) is 9.31 Å². The summed E-state index contributed by atoms with van der Waals surface area (Å²) in [4.78, 5) is 49.8. The van der Waals surface area contributed by atoms with Gasteiger partial charge < -0.3 is 17.1 Å². The lowest BCUT2D eigenvalue weighted by Crippen LogP contribution is -2.41. The molecule has 11 heterocycles. The van der Waals surface area contributed by atoms with Crippen molar-refractivity contribution in [1.82, 2.24) is 68.5 Å². The van der Waals surface area contributed by atoms with Crippen LogP contribution in [0.15, 0.2) is 471 Å². The number of nitrogens with one attached hydrogen (secondary N) is 1. The van der Waals surface area contributed by atoms with Crippen LogP contribution in [0, 0.1) is 3.70 Å². The second-order valence-electron chi connectivity index (χ2n) is 37.5. The average Bonchev–Trinajstić information content (AvgIpc) is 1.58. The number of halogens is 4. The molecule has 149 heavy (non-hydrogen) atoms. The number of para-hydroxylation sites is 4. The largest absolute Gasteiger partial charge is 1.00 e. The summed E-state index contributed by atoms with van der Waals surface area (Å²) in [5.74, 6) is 5.64. The number of rotatable bonds is 9. The molecule has 0 saturated carbocycles. The summed E-state index contributed by atoms with van der Waals surface area (Å²) in [5.41, 5.74) is 14.1. The number of hydrogen-bond donors (Lipinski definition) is 1. The zero-order chi connectivity index (χ0) is 101. The fourth-order valence-corrected chi connectivity index (χ4v) is 20.9. The van der Waals surface area contributed by atoms with Crippen molar-refractivity contribution in [2.75, 3.05) is 0 Å². The first-order valence-corrected chi connectivity index (χ1v) is 52.1. The van der Waals surface area contributed by atoms with Crippen molar-refractivity contribution in [3.8, 4) is 74.4 Å². The minimum Gasteiger partial charge on any atom is -1.00 e. The molecular weight excluding hydrogens is 2100 g/mol. The molecule has 1 fully saturated rings. The van der Waals surface area contributed by atoms with Crippen LogP contribution in [0.1, 0.15) is 30.5 Å². The Morgan fingerprint density at radius 3 is 1.01 bits per heavy atom. The second-order valence-corrected chi connectivity index (χ2v) is 40.7. The first-order valence-electron chi connectivity index (χ1n) is 49.1. The van der Waals surface area contributed by atoms with Crippen molar-refractivity contribution >= 4 is 230 Å². The highest BCUT2D eigenvalue weighted by atomic mass is 127. The first kappa shape index (κ1) is 94.6. The maximum Gasteiger partial charge on any atom is 0.496 e. The minimum absolute atomic E-state index is 0. The van der Waals surface area contributed by atoms with Gasteiger partial charge in [-0.2, -0.15) is 9.97 Å². The molecule has 1 aliphatic rings. The molecule has 29 rings (SSSR count). The van der Waals surface area contributed by atoms with Gasteiger partial charge in [0.25, 0.3) is 0 Å². The molecule has 16 nitrogen and oxygen atoms in total. The predicted octanol–water partition coefficient (Wildman–Crippen LogP) is 33.6. The lowest BCUT2D eigenvalue weighted by Gasteiger charge is -2.32. The Hall–Kier alpha value is -16.7. The van der Waals surface area contributed by atoms with Crippen LogP contribution in [0.4, 0.5) is 0 Å². The summed E-state index contributed by atoms with van der Waals surface area (Å²) in [5, 5.41) is 25.1. The maximum atomic E-state index is 6.20. The second kappa shape index (κ2) is 40.6. The number of benzene rings is 18. The summed E-state index contributed by atoms with van der Waals surface area (Å²) in [6.07, 6.45) is 7.36. The third kappa shape index (κ3) is 18.7. The van der Waals surface area contributed by atoms with Crippen LogP contribution in [0.25, 0.3) is 226 Å². The Balaban J connectivity index is 0.000000108. The Kier molecular flexibility index (Phi) is 25.8. The molecule has 0 aliphatic carbocycles.